The minimum Gasteiger partial charge on any atom is -0.356 e. The standard InChI is InChI=1S/C21H29N5O2S.HI/c1-4-15-12(2)29-16(25-15)7-8-23-21(22-3)24-9-10-26-19(27)17-13-5-6-14(11-13)18(17)20(26)28;/h5-6,13-14,17-18H,4,7-11H2,1-3H3,(H2,22,23,24);1H. The second-order valence-corrected chi connectivity index (χ2v) is 9.26. The molecule has 9 heteroatoms. The third kappa shape index (κ3) is 4.28. The van der Waals surface area contributed by atoms with Crippen LogP contribution in [-0.4, -0.2) is 54.3 Å². The van der Waals surface area contributed by atoms with Gasteiger partial charge in [0.2, 0.25) is 11.8 Å². The number of carbonyl (C=O) groups is 2. The molecule has 2 aliphatic carbocycles. The molecule has 2 N–H and O–H groups in total. The number of fused-ring (bicyclic) bond motifs is 5. The van der Waals surface area contributed by atoms with Gasteiger partial charge >= 0.3 is 0 Å². The summed E-state index contributed by atoms with van der Waals surface area (Å²) < 4.78 is 0. The number of allylic oxidation sites excluding steroid dienone is 2. The number of imide groups is 1. The first-order valence-electron chi connectivity index (χ1n) is 10.5. The van der Waals surface area contributed by atoms with Gasteiger partial charge in [0.15, 0.2) is 5.96 Å². The fraction of sp³-hybridized carbons (Fsp3) is 0.619. The normalized spacial score (nSPS) is 26.9. The Kier molecular flexibility index (Phi) is 7.54. The van der Waals surface area contributed by atoms with E-state index in [0.29, 0.717) is 19.0 Å². The Morgan fingerprint density at radius 2 is 1.83 bits per heavy atom. The number of aromatic nitrogens is 1. The van der Waals surface area contributed by atoms with Crippen LogP contribution < -0.4 is 10.6 Å². The summed E-state index contributed by atoms with van der Waals surface area (Å²) in [5.41, 5.74) is 1.18. The van der Waals surface area contributed by atoms with Crippen LogP contribution in [0.5, 0.6) is 0 Å². The Hall–Kier alpha value is -1.49. The SMILES string of the molecule is CCc1nc(CCNC(=NC)NCCN2C(=O)C3C4C=CC(C4)C3C2=O)sc1C.I. The van der Waals surface area contributed by atoms with E-state index in [2.05, 4.69) is 46.6 Å². The van der Waals surface area contributed by atoms with Gasteiger partial charge in [-0.1, -0.05) is 19.1 Å². The minimum absolute atomic E-state index is 0. The quantitative estimate of drug-likeness (QED) is 0.181. The van der Waals surface area contributed by atoms with E-state index < -0.39 is 0 Å². The van der Waals surface area contributed by atoms with E-state index in [0.717, 1.165) is 30.8 Å². The van der Waals surface area contributed by atoms with Crippen LogP contribution in [-0.2, 0) is 22.4 Å². The van der Waals surface area contributed by atoms with Gasteiger partial charge < -0.3 is 10.6 Å². The van der Waals surface area contributed by atoms with Gasteiger partial charge in [-0.3, -0.25) is 19.5 Å². The van der Waals surface area contributed by atoms with Gasteiger partial charge in [-0.05, 0) is 31.6 Å². The molecule has 0 spiro atoms. The van der Waals surface area contributed by atoms with E-state index in [4.69, 9.17) is 0 Å². The first-order valence-corrected chi connectivity index (χ1v) is 11.3. The van der Waals surface area contributed by atoms with Crippen molar-refractivity contribution < 1.29 is 9.59 Å². The fourth-order valence-corrected chi connectivity index (χ4v) is 5.92. The average Bonchev–Trinajstić information content (AvgIpc) is 3.46. The minimum atomic E-state index is -0.121. The van der Waals surface area contributed by atoms with Crippen molar-refractivity contribution in [2.75, 3.05) is 26.7 Å². The third-order valence-electron chi connectivity index (χ3n) is 6.32. The molecule has 7 nitrogen and oxygen atoms in total. The molecule has 2 amide bonds. The summed E-state index contributed by atoms with van der Waals surface area (Å²) in [4.78, 5) is 37.0. The Labute approximate surface area is 198 Å². The summed E-state index contributed by atoms with van der Waals surface area (Å²) in [7, 11) is 1.72. The number of hydrogen-bond acceptors (Lipinski definition) is 5. The Morgan fingerprint density at radius 1 is 1.20 bits per heavy atom. The van der Waals surface area contributed by atoms with Crippen LogP contribution in [0.15, 0.2) is 17.1 Å². The number of thiazole rings is 1. The van der Waals surface area contributed by atoms with Crippen LogP contribution in [0.3, 0.4) is 0 Å². The van der Waals surface area contributed by atoms with Gasteiger partial charge in [0.25, 0.3) is 0 Å². The van der Waals surface area contributed by atoms with E-state index in [1.807, 2.05) is 0 Å². The zero-order valence-electron chi connectivity index (χ0n) is 17.7. The second-order valence-electron chi connectivity index (χ2n) is 7.97. The molecule has 4 rings (SSSR count). The number of nitrogens with zero attached hydrogens (tertiary/aromatic N) is 3. The fourth-order valence-electron chi connectivity index (χ4n) is 4.90. The molecule has 1 aromatic heterocycles. The molecular weight excluding hydrogens is 513 g/mol. The van der Waals surface area contributed by atoms with Crippen molar-refractivity contribution in [3.05, 3.63) is 27.7 Å². The smallest absolute Gasteiger partial charge is 0.233 e. The highest BCUT2D eigenvalue weighted by atomic mass is 127. The molecule has 1 aliphatic heterocycles. The van der Waals surface area contributed by atoms with Gasteiger partial charge in [0, 0.05) is 38.0 Å². The van der Waals surface area contributed by atoms with Crippen LogP contribution in [0.1, 0.15) is 28.9 Å². The predicted octanol–water partition coefficient (Wildman–Crippen LogP) is 2.15. The van der Waals surface area contributed by atoms with Crippen LogP contribution >= 0.6 is 35.3 Å². The largest absolute Gasteiger partial charge is 0.356 e. The van der Waals surface area contributed by atoms with Crippen molar-refractivity contribution in [1.29, 1.82) is 0 Å². The number of guanidine groups is 1. The summed E-state index contributed by atoms with van der Waals surface area (Å²) in [5.74, 6) is 0.970. The molecule has 164 valence electrons. The summed E-state index contributed by atoms with van der Waals surface area (Å²) >= 11 is 1.75. The lowest BCUT2D eigenvalue weighted by molar-refractivity contribution is -0.140. The first kappa shape index (κ1) is 23.2. The summed E-state index contributed by atoms with van der Waals surface area (Å²) in [6.07, 6.45) is 7.02. The lowest BCUT2D eigenvalue weighted by Gasteiger charge is -2.18. The molecule has 1 aromatic rings. The van der Waals surface area contributed by atoms with E-state index >= 15 is 0 Å². The van der Waals surface area contributed by atoms with Gasteiger partial charge in [0.05, 0.1) is 22.5 Å². The highest BCUT2D eigenvalue weighted by Gasteiger charge is 2.58. The Morgan fingerprint density at radius 3 is 2.40 bits per heavy atom. The number of rotatable bonds is 7. The third-order valence-corrected chi connectivity index (χ3v) is 7.39. The second kappa shape index (κ2) is 9.76. The van der Waals surface area contributed by atoms with Crippen molar-refractivity contribution in [3.63, 3.8) is 0 Å². The van der Waals surface area contributed by atoms with E-state index in [1.165, 1.54) is 15.5 Å². The summed E-state index contributed by atoms with van der Waals surface area (Å²) in [5, 5.41) is 7.63. The maximum atomic E-state index is 12.7. The number of likely N-dealkylation sites (tertiary alicyclic amines) is 1. The number of carbonyl (C=O) groups excluding carboxylic acids is 2. The maximum absolute atomic E-state index is 12.7. The van der Waals surface area contributed by atoms with Gasteiger partial charge in [-0.15, -0.1) is 35.3 Å². The van der Waals surface area contributed by atoms with Crippen molar-refractivity contribution in [2.24, 2.45) is 28.7 Å². The monoisotopic (exact) mass is 543 g/mol. The Balaban J connectivity index is 0.00000256. The number of hydrogen-bond donors (Lipinski definition) is 2. The molecule has 4 unspecified atom stereocenters. The molecule has 1 saturated carbocycles. The van der Waals surface area contributed by atoms with Gasteiger partial charge in [0.1, 0.15) is 0 Å². The zero-order chi connectivity index (χ0) is 20.5. The highest BCUT2D eigenvalue weighted by Crippen LogP contribution is 2.52. The molecule has 30 heavy (non-hydrogen) atoms. The van der Waals surface area contributed by atoms with Crippen molar-refractivity contribution >= 4 is 53.1 Å². The summed E-state index contributed by atoms with van der Waals surface area (Å²) in [6, 6.07) is 0. The van der Waals surface area contributed by atoms with E-state index in [1.54, 1.807) is 18.4 Å². The van der Waals surface area contributed by atoms with Gasteiger partial charge in [-0.25, -0.2) is 4.98 Å². The molecule has 4 atom stereocenters. The molecular formula is C21H30IN5O2S. The topological polar surface area (TPSA) is 86.7 Å². The van der Waals surface area contributed by atoms with Crippen LogP contribution in [0.25, 0.3) is 0 Å². The lowest BCUT2D eigenvalue weighted by atomic mass is 9.85. The van der Waals surface area contributed by atoms with Crippen molar-refractivity contribution in [3.8, 4) is 0 Å². The van der Waals surface area contributed by atoms with E-state index in [9.17, 15) is 9.59 Å². The maximum Gasteiger partial charge on any atom is 0.233 e. The molecule has 2 fully saturated rings. The van der Waals surface area contributed by atoms with Crippen LogP contribution in [0.4, 0.5) is 0 Å². The average molecular weight is 543 g/mol. The summed E-state index contributed by atoms with van der Waals surface area (Å²) in [6.45, 7) is 5.85. The molecule has 0 radical (unpaired) electrons. The number of aliphatic imine (C=N–C) groups is 1. The lowest BCUT2D eigenvalue weighted by Crippen LogP contribution is -2.44. The van der Waals surface area contributed by atoms with Crippen molar-refractivity contribution in [2.45, 2.75) is 33.1 Å². The number of nitrogens with one attached hydrogen (secondary N) is 2. The number of aryl methyl sites for hydroxylation is 2. The molecule has 2 heterocycles. The zero-order valence-corrected chi connectivity index (χ0v) is 20.8. The molecule has 2 bridgehead atoms. The number of halogens is 1. The van der Waals surface area contributed by atoms with E-state index in [-0.39, 0.29) is 59.5 Å². The highest BCUT2D eigenvalue weighted by molar-refractivity contribution is 14.0. The molecule has 0 aromatic carbocycles. The molecule has 1 saturated heterocycles. The van der Waals surface area contributed by atoms with Crippen LogP contribution in [0, 0.1) is 30.6 Å². The predicted molar refractivity (Wildman–Crippen MR) is 129 cm³/mol. The number of amides is 2. The Bertz CT molecular complexity index is 838. The van der Waals surface area contributed by atoms with Crippen LogP contribution in [0.2, 0.25) is 0 Å². The van der Waals surface area contributed by atoms with Gasteiger partial charge in [-0.2, -0.15) is 0 Å². The first-order chi connectivity index (χ1) is 14.0. The van der Waals surface area contributed by atoms with Crippen molar-refractivity contribution in [1.82, 2.24) is 20.5 Å². The molecule has 3 aliphatic rings.